The van der Waals surface area contributed by atoms with Crippen LogP contribution >= 0.6 is 11.3 Å². The summed E-state index contributed by atoms with van der Waals surface area (Å²) >= 11 is 1.60. The number of sulfonamides is 1. The van der Waals surface area contributed by atoms with Crippen molar-refractivity contribution in [3.63, 3.8) is 0 Å². The second-order valence-electron chi connectivity index (χ2n) is 5.86. The van der Waals surface area contributed by atoms with Crippen LogP contribution in [-0.4, -0.2) is 48.2 Å². The fourth-order valence-corrected chi connectivity index (χ4v) is 4.32. The Labute approximate surface area is 153 Å². The fourth-order valence-electron chi connectivity index (χ4n) is 2.49. The lowest BCUT2D eigenvalue weighted by molar-refractivity contribution is 0.300. The molecule has 1 aromatic heterocycles. The van der Waals surface area contributed by atoms with E-state index in [0.717, 1.165) is 5.56 Å². The van der Waals surface area contributed by atoms with Gasteiger partial charge in [-0.05, 0) is 54.2 Å². The molecule has 1 unspecified atom stereocenters. The van der Waals surface area contributed by atoms with Gasteiger partial charge in [0.1, 0.15) is 11.5 Å². The molecule has 2 rings (SSSR count). The minimum atomic E-state index is -3.49. The van der Waals surface area contributed by atoms with Gasteiger partial charge < -0.3 is 14.4 Å². The number of ether oxygens (including phenoxy) is 2. The van der Waals surface area contributed by atoms with Gasteiger partial charge in [0.2, 0.25) is 10.0 Å². The molecule has 6 nitrogen and oxygen atoms in total. The van der Waals surface area contributed by atoms with Crippen molar-refractivity contribution in [2.24, 2.45) is 0 Å². The van der Waals surface area contributed by atoms with E-state index in [9.17, 15) is 8.42 Å². The van der Waals surface area contributed by atoms with Crippen molar-refractivity contribution in [3.8, 4) is 11.5 Å². The van der Waals surface area contributed by atoms with Crippen LogP contribution in [0.5, 0.6) is 11.5 Å². The van der Waals surface area contributed by atoms with Crippen molar-refractivity contribution in [1.82, 2.24) is 9.62 Å². The number of nitrogens with zero attached hydrogens (tertiary/aromatic N) is 1. The molecular formula is C17H24N2O4S2. The van der Waals surface area contributed by atoms with E-state index in [4.69, 9.17) is 9.47 Å². The van der Waals surface area contributed by atoms with Crippen molar-refractivity contribution < 1.29 is 17.9 Å². The van der Waals surface area contributed by atoms with Gasteiger partial charge in [-0.2, -0.15) is 11.3 Å². The third-order valence-electron chi connectivity index (χ3n) is 3.82. The summed E-state index contributed by atoms with van der Waals surface area (Å²) in [5, 5.41) is 4.02. The first kappa shape index (κ1) is 19.7. The molecule has 1 atom stereocenters. The van der Waals surface area contributed by atoms with Crippen LogP contribution in [0, 0.1) is 0 Å². The number of hydrogen-bond donors (Lipinski definition) is 1. The number of thiophene rings is 1. The molecule has 0 aliphatic carbocycles. The standard InChI is InChI=1S/C17H24N2O4S2/c1-19(2)17(14-5-6-24-11-14)10-18-25(20,21)12-13-7-15(22-3)9-16(8-13)23-4/h5-9,11,17-18H,10,12H2,1-4H3. The minimum absolute atomic E-state index is 0.0131. The van der Waals surface area contributed by atoms with Crippen LogP contribution in [0.2, 0.25) is 0 Å². The van der Waals surface area contributed by atoms with Gasteiger partial charge in [-0.3, -0.25) is 0 Å². The Balaban J connectivity index is 2.09. The third kappa shape index (κ3) is 5.71. The SMILES string of the molecule is COc1cc(CS(=O)(=O)NCC(c2ccsc2)N(C)C)cc(OC)c1. The van der Waals surface area contributed by atoms with E-state index in [1.165, 1.54) is 14.2 Å². The first-order valence-corrected chi connectivity index (χ1v) is 10.3. The van der Waals surface area contributed by atoms with Crippen LogP contribution in [0.25, 0.3) is 0 Å². The van der Waals surface area contributed by atoms with Crippen LogP contribution in [0.3, 0.4) is 0 Å². The largest absolute Gasteiger partial charge is 0.497 e. The maximum atomic E-state index is 12.5. The van der Waals surface area contributed by atoms with E-state index in [1.54, 1.807) is 29.5 Å². The summed E-state index contributed by atoms with van der Waals surface area (Å²) < 4.78 is 38.1. The van der Waals surface area contributed by atoms with E-state index < -0.39 is 10.0 Å². The zero-order valence-corrected chi connectivity index (χ0v) is 16.5. The molecule has 0 bridgehead atoms. The van der Waals surface area contributed by atoms with E-state index in [-0.39, 0.29) is 11.8 Å². The molecule has 0 saturated carbocycles. The molecule has 1 aromatic carbocycles. The Morgan fingerprint density at radius 1 is 1.16 bits per heavy atom. The molecule has 0 radical (unpaired) electrons. The molecule has 0 aliphatic rings. The quantitative estimate of drug-likeness (QED) is 0.719. The Morgan fingerprint density at radius 2 is 1.80 bits per heavy atom. The fraction of sp³-hybridized carbons (Fsp3) is 0.412. The second kappa shape index (κ2) is 8.66. The van der Waals surface area contributed by atoms with Crippen molar-refractivity contribution in [2.45, 2.75) is 11.8 Å². The highest BCUT2D eigenvalue weighted by molar-refractivity contribution is 7.88. The summed E-state index contributed by atoms with van der Waals surface area (Å²) in [7, 11) is 3.45. The van der Waals surface area contributed by atoms with Crippen molar-refractivity contribution in [1.29, 1.82) is 0 Å². The molecular weight excluding hydrogens is 360 g/mol. The van der Waals surface area contributed by atoms with Gasteiger partial charge in [0.15, 0.2) is 0 Å². The van der Waals surface area contributed by atoms with Crippen LogP contribution < -0.4 is 14.2 Å². The lowest BCUT2D eigenvalue weighted by atomic mass is 10.1. The molecule has 138 valence electrons. The van der Waals surface area contributed by atoms with Crippen LogP contribution in [0.4, 0.5) is 0 Å². The predicted molar refractivity (Wildman–Crippen MR) is 101 cm³/mol. The van der Waals surface area contributed by atoms with Gasteiger partial charge in [-0.15, -0.1) is 0 Å². The topological polar surface area (TPSA) is 67.9 Å². The highest BCUT2D eigenvalue weighted by atomic mass is 32.2. The van der Waals surface area contributed by atoms with Crippen molar-refractivity contribution in [2.75, 3.05) is 34.9 Å². The molecule has 0 saturated heterocycles. The molecule has 8 heteroatoms. The third-order valence-corrected chi connectivity index (χ3v) is 5.84. The zero-order chi connectivity index (χ0) is 18.4. The van der Waals surface area contributed by atoms with Crippen molar-refractivity contribution >= 4 is 21.4 Å². The van der Waals surface area contributed by atoms with Gasteiger partial charge in [0.25, 0.3) is 0 Å². The van der Waals surface area contributed by atoms with Gasteiger partial charge in [-0.1, -0.05) is 0 Å². The lowest BCUT2D eigenvalue weighted by Gasteiger charge is -2.24. The smallest absolute Gasteiger partial charge is 0.215 e. The molecule has 0 spiro atoms. The van der Waals surface area contributed by atoms with E-state index in [1.807, 2.05) is 35.8 Å². The summed E-state index contributed by atoms with van der Waals surface area (Å²) in [5.41, 5.74) is 1.71. The Hall–Kier alpha value is -1.61. The number of methoxy groups -OCH3 is 2. The number of likely N-dealkylation sites (N-methyl/N-ethyl adjacent to an activating group) is 1. The Morgan fingerprint density at radius 3 is 2.28 bits per heavy atom. The summed E-state index contributed by atoms with van der Waals surface area (Å²) in [6.45, 7) is 0.313. The van der Waals surface area contributed by atoms with Crippen LogP contribution in [-0.2, 0) is 15.8 Å². The normalized spacial score (nSPS) is 13.0. The molecule has 1 heterocycles. The first-order valence-electron chi connectivity index (χ1n) is 7.72. The van der Waals surface area contributed by atoms with Gasteiger partial charge in [0.05, 0.1) is 20.0 Å². The maximum absolute atomic E-state index is 12.5. The molecule has 25 heavy (non-hydrogen) atoms. The highest BCUT2D eigenvalue weighted by Gasteiger charge is 2.19. The molecule has 1 N–H and O–H groups in total. The van der Waals surface area contributed by atoms with Gasteiger partial charge in [-0.25, -0.2) is 13.1 Å². The monoisotopic (exact) mass is 384 g/mol. The molecule has 2 aromatic rings. The Kier molecular flexibility index (Phi) is 6.83. The van der Waals surface area contributed by atoms with Crippen LogP contribution in [0.15, 0.2) is 35.0 Å². The average molecular weight is 385 g/mol. The second-order valence-corrected chi connectivity index (χ2v) is 8.45. The number of rotatable bonds is 9. The van der Waals surface area contributed by atoms with Gasteiger partial charge in [0, 0.05) is 18.7 Å². The molecule has 0 amide bonds. The Bertz CT molecular complexity index is 752. The average Bonchev–Trinajstić information content (AvgIpc) is 3.07. The molecule has 0 fully saturated rings. The highest BCUT2D eigenvalue weighted by Crippen LogP contribution is 2.24. The van der Waals surface area contributed by atoms with E-state index in [0.29, 0.717) is 23.6 Å². The first-order chi connectivity index (χ1) is 11.8. The summed E-state index contributed by atoms with van der Waals surface area (Å²) in [5.74, 6) is 0.993. The van der Waals surface area contributed by atoms with Crippen LogP contribution in [0.1, 0.15) is 17.2 Å². The lowest BCUT2D eigenvalue weighted by Crippen LogP contribution is -2.35. The minimum Gasteiger partial charge on any atom is -0.497 e. The summed E-state index contributed by atoms with van der Waals surface area (Å²) in [6.07, 6.45) is 0. The van der Waals surface area contributed by atoms with E-state index in [2.05, 4.69) is 4.72 Å². The van der Waals surface area contributed by atoms with E-state index >= 15 is 0 Å². The predicted octanol–water partition coefficient (Wildman–Crippen LogP) is 2.49. The number of nitrogens with one attached hydrogen (secondary N) is 1. The zero-order valence-electron chi connectivity index (χ0n) is 14.9. The number of hydrogen-bond acceptors (Lipinski definition) is 6. The van der Waals surface area contributed by atoms with Gasteiger partial charge >= 0.3 is 0 Å². The number of benzene rings is 1. The molecule has 0 aliphatic heterocycles. The van der Waals surface area contributed by atoms with Crippen molar-refractivity contribution in [3.05, 3.63) is 46.2 Å². The summed E-state index contributed by atoms with van der Waals surface area (Å²) in [6, 6.07) is 7.10. The summed E-state index contributed by atoms with van der Waals surface area (Å²) in [4.78, 5) is 2.00. The maximum Gasteiger partial charge on any atom is 0.215 e.